The van der Waals surface area contributed by atoms with E-state index in [9.17, 15) is 4.79 Å². The summed E-state index contributed by atoms with van der Waals surface area (Å²) in [6.07, 6.45) is 2.44. The van der Waals surface area contributed by atoms with E-state index in [0.717, 1.165) is 18.7 Å². The first kappa shape index (κ1) is 17.4. The van der Waals surface area contributed by atoms with Gasteiger partial charge in [-0.05, 0) is 25.5 Å². The van der Waals surface area contributed by atoms with Gasteiger partial charge < -0.3 is 19.7 Å². The largest absolute Gasteiger partial charge is 0.385 e. The lowest BCUT2D eigenvalue weighted by atomic mass is 10.2. The maximum atomic E-state index is 12.5. The van der Waals surface area contributed by atoms with Gasteiger partial charge in [-0.3, -0.25) is 9.78 Å². The second-order valence-corrected chi connectivity index (χ2v) is 4.59. The Hall–Kier alpha value is -1.66. The van der Waals surface area contributed by atoms with Gasteiger partial charge in [-0.25, -0.2) is 0 Å². The molecule has 21 heavy (non-hydrogen) atoms. The van der Waals surface area contributed by atoms with Crippen molar-refractivity contribution < 1.29 is 14.3 Å². The Balaban J connectivity index is 2.74. The van der Waals surface area contributed by atoms with Crippen molar-refractivity contribution >= 4 is 11.6 Å². The molecular formula is C15H25N3O3. The van der Waals surface area contributed by atoms with Crippen molar-refractivity contribution in [3.8, 4) is 0 Å². The molecule has 1 aromatic rings. The molecule has 0 aliphatic heterocycles. The minimum absolute atomic E-state index is 0.0806. The van der Waals surface area contributed by atoms with Crippen LogP contribution in [-0.2, 0) is 9.47 Å². The molecule has 0 aliphatic rings. The number of carbonyl (C=O) groups excluding carboxylic acids is 1. The van der Waals surface area contributed by atoms with Crippen molar-refractivity contribution in [3.05, 3.63) is 24.0 Å². The molecule has 0 aromatic carbocycles. The molecule has 0 atom stereocenters. The number of methoxy groups -OCH3 is 2. The standard InChI is InChI=1S/C15H25N3O3/c1-4-16-13-6-7-17-14(12-13)15(19)18(9-11-21-3)8-5-10-20-2/h6-7,12H,4-5,8-11H2,1-3H3,(H,16,17). The molecule has 0 bridgehead atoms. The highest BCUT2D eigenvalue weighted by Gasteiger charge is 2.16. The highest BCUT2D eigenvalue weighted by Crippen LogP contribution is 2.10. The third kappa shape index (κ3) is 6.10. The lowest BCUT2D eigenvalue weighted by Crippen LogP contribution is -2.35. The van der Waals surface area contributed by atoms with Gasteiger partial charge in [-0.1, -0.05) is 0 Å². The van der Waals surface area contributed by atoms with E-state index in [4.69, 9.17) is 9.47 Å². The number of pyridine rings is 1. The summed E-state index contributed by atoms with van der Waals surface area (Å²) >= 11 is 0. The van der Waals surface area contributed by atoms with Gasteiger partial charge in [0.2, 0.25) is 0 Å². The number of nitrogens with one attached hydrogen (secondary N) is 1. The zero-order valence-electron chi connectivity index (χ0n) is 13.1. The Morgan fingerprint density at radius 2 is 2.05 bits per heavy atom. The number of rotatable bonds is 10. The van der Waals surface area contributed by atoms with Crippen LogP contribution in [0, 0.1) is 0 Å². The van der Waals surface area contributed by atoms with Crippen LogP contribution in [0.3, 0.4) is 0 Å². The van der Waals surface area contributed by atoms with Crippen molar-refractivity contribution in [1.82, 2.24) is 9.88 Å². The molecule has 0 saturated carbocycles. The number of hydrogen-bond donors (Lipinski definition) is 1. The summed E-state index contributed by atoms with van der Waals surface area (Å²) in [6.45, 7) is 5.12. The second kappa shape index (κ2) is 10.1. The quantitative estimate of drug-likeness (QED) is 0.665. The molecule has 1 heterocycles. The normalized spacial score (nSPS) is 10.4. The molecule has 0 spiro atoms. The summed E-state index contributed by atoms with van der Waals surface area (Å²) in [6, 6.07) is 3.63. The fraction of sp³-hybridized carbons (Fsp3) is 0.600. The van der Waals surface area contributed by atoms with Crippen LogP contribution in [0.5, 0.6) is 0 Å². The fourth-order valence-corrected chi connectivity index (χ4v) is 1.94. The fourth-order valence-electron chi connectivity index (χ4n) is 1.94. The van der Waals surface area contributed by atoms with E-state index < -0.39 is 0 Å². The van der Waals surface area contributed by atoms with Crippen molar-refractivity contribution in [2.45, 2.75) is 13.3 Å². The van der Waals surface area contributed by atoms with Gasteiger partial charge in [0.1, 0.15) is 5.69 Å². The van der Waals surface area contributed by atoms with Crippen LogP contribution in [0.25, 0.3) is 0 Å². The first-order valence-electron chi connectivity index (χ1n) is 7.20. The van der Waals surface area contributed by atoms with Crippen molar-refractivity contribution in [2.75, 3.05) is 52.4 Å². The lowest BCUT2D eigenvalue weighted by molar-refractivity contribution is 0.0668. The predicted octanol–water partition coefficient (Wildman–Crippen LogP) is 1.64. The lowest BCUT2D eigenvalue weighted by Gasteiger charge is -2.22. The molecule has 0 radical (unpaired) electrons. The zero-order valence-corrected chi connectivity index (χ0v) is 13.1. The molecule has 1 aromatic heterocycles. The average molecular weight is 295 g/mol. The molecule has 1 N–H and O–H groups in total. The van der Waals surface area contributed by atoms with E-state index in [1.54, 1.807) is 31.4 Å². The number of ether oxygens (including phenoxy) is 2. The molecule has 0 unspecified atom stereocenters. The summed E-state index contributed by atoms with van der Waals surface area (Å²) < 4.78 is 10.1. The summed E-state index contributed by atoms with van der Waals surface area (Å²) in [5.74, 6) is -0.0806. The zero-order chi connectivity index (χ0) is 15.5. The minimum atomic E-state index is -0.0806. The second-order valence-electron chi connectivity index (χ2n) is 4.59. The molecule has 118 valence electrons. The van der Waals surface area contributed by atoms with Gasteiger partial charge >= 0.3 is 0 Å². The van der Waals surface area contributed by atoms with E-state index in [2.05, 4.69) is 10.3 Å². The van der Waals surface area contributed by atoms with Crippen LogP contribution in [0.4, 0.5) is 5.69 Å². The van der Waals surface area contributed by atoms with Gasteiger partial charge in [0, 0.05) is 52.3 Å². The van der Waals surface area contributed by atoms with Crippen molar-refractivity contribution in [3.63, 3.8) is 0 Å². The van der Waals surface area contributed by atoms with E-state index in [1.165, 1.54) is 0 Å². The van der Waals surface area contributed by atoms with Crippen LogP contribution in [0.15, 0.2) is 18.3 Å². The van der Waals surface area contributed by atoms with Crippen LogP contribution >= 0.6 is 0 Å². The van der Waals surface area contributed by atoms with Gasteiger partial charge in [0.05, 0.1) is 6.61 Å². The van der Waals surface area contributed by atoms with E-state index in [0.29, 0.717) is 32.0 Å². The highest BCUT2D eigenvalue weighted by molar-refractivity contribution is 5.93. The molecule has 1 amide bonds. The van der Waals surface area contributed by atoms with Gasteiger partial charge in [0.25, 0.3) is 5.91 Å². The van der Waals surface area contributed by atoms with Crippen LogP contribution in [0.2, 0.25) is 0 Å². The number of amides is 1. The number of hydrogen-bond acceptors (Lipinski definition) is 5. The van der Waals surface area contributed by atoms with E-state index in [-0.39, 0.29) is 5.91 Å². The average Bonchev–Trinajstić information content (AvgIpc) is 2.51. The number of carbonyl (C=O) groups is 1. The summed E-state index contributed by atoms with van der Waals surface area (Å²) in [5, 5.41) is 3.18. The topological polar surface area (TPSA) is 63.7 Å². The Morgan fingerprint density at radius 3 is 2.71 bits per heavy atom. The van der Waals surface area contributed by atoms with Crippen LogP contribution in [0.1, 0.15) is 23.8 Å². The first-order chi connectivity index (χ1) is 10.2. The van der Waals surface area contributed by atoms with Gasteiger partial charge in [-0.2, -0.15) is 0 Å². The molecule has 6 nitrogen and oxygen atoms in total. The molecule has 0 saturated heterocycles. The smallest absolute Gasteiger partial charge is 0.272 e. The highest BCUT2D eigenvalue weighted by atomic mass is 16.5. The number of aromatic nitrogens is 1. The maximum absolute atomic E-state index is 12.5. The van der Waals surface area contributed by atoms with E-state index >= 15 is 0 Å². The SMILES string of the molecule is CCNc1ccnc(C(=O)N(CCCOC)CCOC)c1. The monoisotopic (exact) mass is 295 g/mol. The van der Waals surface area contributed by atoms with Gasteiger partial charge in [-0.15, -0.1) is 0 Å². The molecular weight excluding hydrogens is 270 g/mol. The number of anilines is 1. The van der Waals surface area contributed by atoms with Crippen molar-refractivity contribution in [2.24, 2.45) is 0 Å². The third-order valence-electron chi connectivity index (χ3n) is 2.99. The molecule has 0 fully saturated rings. The Morgan fingerprint density at radius 1 is 1.29 bits per heavy atom. The Bertz CT molecular complexity index is 426. The molecule has 6 heteroatoms. The summed E-state index contributed by atoms with van der Waals surface area (Å²) in [5.41, 5.74) is 1.35. The van der Waals surface area contributed by atoms with E-state index in [1.807, 2.05) is 13.0 Å². The number of nitrogens with zero attached hydrogens (tertiary/aromatic N) is 2. The third-order valence-corrected chi connectivity index (χ3v) is 2.99. The Labute approximate surface area is 126 Å². The maximum Gasteiger partial charge on any atom is 0.272 e. The predicted molar refractivity (Wildman–Crippen MR) is 82.7 cm³/mol. The Kier molecular flexibility index (Phi) is 8.38. The summed E-state index contributed by atoms with van der Waals surface area (Å²) in [4.78, 5) is 18.5. The van der Waals surface area contributed by atoms with Crippen LogP contribution < -0.4 is 5.32 Å². The minimum Gasteiger partial charge on any atom is -0.385 e. The molecule has 1 rings (SSSR count). The van der Waals surface area contributed by atoms with Gasteiger partial charge in [0.15, 0.2) is 0 Å². The summed E-state index contributed by atoms with van der Waals surface area (Å²) in [7, 11) is 3.28. The first-order valence-corrected chi connectivity index (χ1v) is 7.20. The molecule has 0 aliphatic carbocycles. The van der Waals surface area contributed by atoms with Crippen molar-refractivity contribution in [1.29, 1.82) is 0 Å². The van der Waals surface area contributed by atoms with Crippen LogP contribution in [-0.4, -0.2) is 62.9 Å².